The summed E-state index contributed by atoms with van der Waals surface area (Å²) >= 11 is 0. The van der Waals surface area contributed by atoms with Crippen molar-refractivity contribution in [3.8, 4) is 0 Å². The summed E-state index contributed by atoms with van der Waals surface area (Å²) in [5, 5.41) is 3.06. The Morgan fingerprint density at radius 1 is 1.09 bits per heavy atom. The molecule has 0 radical (unpaired) electrons. The van der Waals surface area contributed by atoms with E-state index in [1.54, 1.807) is 31.2 Å². The van der Waals surface area contributed by atoms with Gasteiger partial charge >= 0.3 is 17.7 Å². The van der Waals surface area contributed by atoms with E-state index >= 15 is 0 Å². The summed E-state index contributed by atoms with van der Waals surface area (Å²) in [6, 6.07) is 12.1. The minimum absolute atomic E-state index is 0.107. The Balaban J connectivity index is 1.48. The molecule has 1 N–H and O–H groups in total. The Bertz CT molecular complexity index is 1400. The third kappa shape index (κ3) is 5.04. The van der Waals surface area contributed by atoms with Gasteiger partial charge in [0.1, 0.15) is 12.2 Å². The maximum atomic E-state index is 12.5. The Labute approximate surface area is 195 Å². The summed E-state index contributed by atoms with van der Waals surface area (Å²) < 4.78 is 40.8. The lowest BCUT2D eigenvalue weighted by Crippen LogP contribution is -2.25. The molecule has 0 atom stereocenters. The van der Waals surface area contributed by atoms with Crippen molar-refractivity contribution in [3.05, 3.63) is 70.1 Å². The fraction of sp³-hybridized carbons (Fsp3) is 0.261. The molecule has 2 aromatic carbocycles. The molecule has 1 amide bonds. The van der Waals surface area contributed by atoms with Gasteiger partial charge in [0.25, 0.3) is 0 Å². The maximum Gasteiger partial charge on any atom is 0.411 e. The number of nitrogens with zero attached hydrogens (tertiary/aromatic N) is 1. The number of carbonyl (C=O) groups excluding carboxylic acids is 2. The molecule has 178 valence electrons. The lowest BCUT2D eigenvalue weighted by Gasteiger charge is -2.17. The third-order valence-electron chi connectivity index (χ3n) is 5.20. The highest BCUT2D eigenvalue weighted by molar-refractivity contribution is 7.93. The highest BCUT2D eigenvalue weighted by Gasteiger charge is 2.28. The minimum Gasteiger partial charge on any atom is -0.457 e. The highest BCUT2D eigenvalue weighted by Crippen LogP contribution is 2.25. The zero-order valence-electron chi connectivity index (χ0n) is 18.3. The van der Waals surface area contributed by atoms with E-state index in [1.165, 1.54) is 28.6 Å². The van der Waals surface area contributed by atoms with E-state index < -0.39 is 27.7 Å². The molecule has 2 heterocycles. The second-order valence-electron chi connectivity index (χ2n) is 7.51. The van der Waals surface area contributed by atoms with Crippen molar-refractivity contribution in [2.24, 2.45) is 0 Å². The van der Waals surface area contributed by atoms with Gasteiger partial charge in [0, 0.05) is 35.3 Å². The van der Waals surface area contributed by atoms with E-state index in [-0.39, 0.29) is 30.1 Å². The molecule has 1 saturated heterocycles. The van der Waals surface area contributed by atoms with Gasteiger partial charge in [-0.1, -0.05) is 0 Å². The van der Waals surface area contributed by atoms with Crippen molar-refractivity contribution >= 4 is 44.4 Å². The molecular weight excluding hydrogens is 464 g/mol. The molecule has 0 spiro atoms. The Hall–Kier alpha value is -3.86. The average Bonchev–Trinajstić information content (AvgIpc) is 3.16. The van der Waals surface area contributed by atoms with Gasteiger partial charge in [-0.15, -0.1) is 0 Å². The number of fused-ring (bicyclic) bond motifs is 1. The SMILES string of the molecule is CCOC(=O)Nc1ccc2c(COC(=O)c3ccc(N4CCCS4(=O)=O)cc3)cc(=O)oc2c1. The number of carbonyl (C=O) groups is 2. The highest BCUT2D eigenvalue weighted by atomic mass is 32.2. The molecule has 0 aliphatic carbocycles. The van der Waals surface area contributed by atoms with Crippen LogP contribution in [0.4, 0.5) is 16.2 Å². The van der Waals surface area contributed by atoms with Crippen LogP contribution in [0.2, 0.25) is 0 Å². The second-order valence-corrected chi connectivity index (χ2v) is 9.52. The van der Waals surface area contributed by atoms with Gasteiger partial charge in [-0.2, -0.15) is 0 Å². The van der Waals surface area contributed by atoms with Gasteiger partial charge in [-0.25, -0.2) is 22.8 Å². The van der Waals surface area contributed by atoms with Gasteiger partial charge < -0.3 is 13.9 Å². The van der Waals surface area contributed by atoms with E-state index in [2.05, 4.69) is 5.32 Å². The van der Waals surface area contributed by atoms with Crippen molar-refractivity contribution in [2.75, 3.05) is 28.5 Å². The zero-order valence-corrected chi connectivity index (χ0v) is 19.1. The van der Waals surface area contributed by atoms with Gasteiger partial charge in [0.2, 0.25) is 10.0 Å². The van der Waals surface area contributed by atoms with Crippen LogP contribution in [0.5, 0.6) is 0 Å². The van der Waals surface area contributed by atoms with E-state index in [1.807, 2.05) is 0 Å². The minimum atomic E-state index is -3.31. The van der Waals surface area contributed by atoms with Gasteiger partial charge in [0.15, 0.2) is 0 Å². The molecule has 0 unspecified atom stereocenters. The first-order valence-electron chi connectivity index (χ1n) is 10.5. The number of rotatable bonds is 6. The number of benzene rings is 2. The molecule has 11 heteroatoms. The molecule has 1 aliphatic heterocycles. The van der Waals surface area contributed by atoms with Gasteiger partial charge in [0.05, 0.1) is 23.6 Å². The van der Waals surface area contributed by atoms with Crippen molar-refractivity contribution in [3.63, 3.8) is 0 Å². The summed E-state index contributed by atoms with van der Waals surface area (Å²) in [6.45, 7) is 2.11. The van der Waals surface area contributed by atoms with Gasteiger partial charge in [-0.05, 0) is 49.7 Å². The van der Waals surface area contributed by atoms with E-state index in [0.29, 0.717) is 35.3 Å². The van der Waals surface area contributed by atoms with Crippen molar-refractivity contribution < 1.29 is 31.9 Å². The summed E-state index contributed by atoms with van der Waals surface area (Å²) in [4.78, 5) is 36.1. The quantitative estimate of drug-likeness (QED) is 0.415. The first-order chi connectivity index (χ1) is 16.3. The average molecular weight is 487 g/mol. The number of ether oxygens (including phenoxy) is 2. The number of nitrogens with one attached hydrogen (secondary N) is 1. The topological polar surface area (TPSA) is 132 Å². The third-order valence-corrected chi connectivity index (χ3v) is 7.07. The fourth-order valence-corrected chi connectivity index (χ4v) is 5.20. The maximum absolute atomic E-state index is 12.5. The smallest absolute Gasteiger partial charge is 0.411 e. The van der Waals surface area contributed by atoms with Crippen LogP contribution in [0.1, 0.15) is 29.3 Å². The van der Waals surface area contributed by atoms with Crippen LogP contribution in [0.3, 0.4) is 0 Å². The molecule has 4 rings (SSSR count). The molecule has 1 fully saturated rings. The normalized spacial score (nSPS) is 14.7. The summed E-state index contributed by atoms with van der Waals surface area (Å²) in [6.07, 6.45) is -0.0754. The van der Waals surface area contributed by atoms with Crippen LogP contribution < -0.4 is 15.2 Å². The van der Waals surface area contributed by atoms with Crippen molar-refractivity contribution in [1.29, 1.82) is 0 Å². The molecule has 3 aromatic rings. The number of hydrogen-bond acceptors (Lipinski definition) is 8. The second kappa shape index (κ2) is 9.56. The summed E-state index contributed by atoms with van der Waals surface area (Å²) in [5.74, 6) is -0.520. The Morgan fingerprint density at radius 3 is 2.53 bits per heavy atom. The molecular formula is C23H22N2O8S. The van der Waals surface area contributed by atoms with Crippen LogP contribution in [0.25, 0.3) is 11.0 Å². The van der Waals surface area contributed by atoms with Crippen LogP contribution >= 0.6 is 0 Å². The summed E-state index contributed by atoms with van der Waals surface area (Å²) in [7, 11) is -3.31. The van der Waals surface area contributed by atoms with E-state index in [4.69, 9.17) is 13.9 Å². The van der Waals surface area contributed by atoms with Crippen molar-refractivity contribution in [1.82, 2.24) is 0 Å². The number of anilines is 2. The van der Waals surface area contributed by atoms with Crippen LogP contribution in [0.15, 0.2) is 57.7 Å². The largest absolute Gasteiger partial charge is 0.457 e. The number of hydrogen-bond donors (Lipinski definition) is 1. The van der Waals surface area contributed by atoms with Crippen LogP contribution in [-0.4, -0.2) is 39.4 Å². The lowest BCUT2D eigenvalue weighted by atomic mass is 10.1. The lowest BCUT2D eigenvalue weighted by molar-refractivity contribution is 0.0474. The first kappa shape index (κ1) is 23.3. The van der Waals surface area contributed by atoms with E-state index in [0.717, 1.165) is 0 Å². The predicted molar refractivity (Wildman–Crippen MR) is 124 cm³/mol. The number of esters is 1. The first-order valence-corrected chi connectivity index (χ1v) is 12.2. The van der Waals surface area contributed by atoms with E-state index in [9.17, 15) is 22.8 Å². The monoisotopic (exact) mass is 486 g/mol. The summed E-state index contributed by atoms with van der Waals surface area (Å²) in [5.41, 5.74) is 1.12. The Kier molecular flexibility index (Phi) is 6.55. The molecule has 34 heavy (non-hydrogen) atoms. The number of amides is 1. The molecule has 0 bridgehead atoms. The van der Waals surface area contributed by atoms with Crippen LogP contribution in [-0.2, 0) is 26.1 Å². The molecule has 10 nitrogen and oxygen atoms in total. The Morgan fingerprint density at radius 2 is 1.85 bits per heavy atom. The van der Waals surface area contributed by atoms with Gasteiger partial charge in [-0.3, -0.25) is 9.62 Å². The molecule has 0 saturated carbocycles. The fourth-order valence-electron chi connectivity index (χ4n) is 3.63. The standard InChI is InChI=1S/C23H22N2O8S/c1-2-31-23(28)24-17-6-9-19-16(12-21(26)33-20(19)13-17)14-32-22(27)15-4-7-18(8-5-15)25-10-3-11-34(25,29)30/h4-9,12-13H,2-3,10-11,14H2,1H3,(H,24,28). The molecule has 1 aromatic heterocycles. The van der Waals surface area contributed by atoms with Crippen LogP contribution in [0, 0.1) is 0 Å². The number of sulfonamides is 1. The predicted octanol–water partition coefficient (Wildman–Crippen LogP) is 3.26. The molecule has 1 aliphatic rings. The zero-order chi connectivity index (χ0) is 24.3. The van der Waals surface area contributed by atoms with Crippen molar-refractivity contribution in [2.45, 2.75) is 20.0 Å².